The van der Waals surface area contributed by atoms with Gasteiger partial charge in [-0.2, -0.15) is 0 Å². The summed E-state index contributed by atoms with van der Waals surface area (Å²) >= 11 is 11.5. The molecule has 0 atom stereocenters. The molecule has 1 aromatic carbocycles. The zero-order valence-electron chi connectivity index (χ0n) is 7.11. The molecule has 0 aliphatic heterocycles. The molecule has 0 radical (unpaired) electrons. The summed E-state index contributed by atoms with van der Waals surface area (Å²) in [6.07, 6.45) is 1.03. The molecule has 0 unspecified atom stereocenters. The van der Waals surface area contributed by atoms with Gasteiger partial charge in [0, 0.05) is 11.8 Å². The van der Waals surface area contributed by atoms with E-state index in [1.807, 2.05) is 0 Å². The van der Waals surface area contributed by atoms with Crippen LogP contribution in [0.3, 0.4) is 0 Å². The summed E-state index contributed by atoms with van der Waals surface area (Å²) in [7, 11) is 0. The lowest BCUT2D eigenvalue weighted by Gasteiger charge is -2.05. The summed E-state index contributed by atoms with van der Waals surface area (Å²) in [5.41, 5.74) is 3.67. The molecule has 0 heterocycles. The molecule has 0 aliphatic rings. The third-order valence-corrected chi connectivity index (χ3v) is 2.55. The Kier molecular flexibility index (Phi) is 3.90. The first-order valence-corrected chi connectivity index (χ1v) is 5.11. The van der Waals surface area contributed by atoms with Crippen LogP contribution < -0.4 is 0 Å². The highest BCUT2D eigenvalue weighted by Crippen LogP contribution is 2.16. The summed E-state index contributed by atoms with van der Waals surface area (Å²) in [6.45, 7) is 2.13. The Labute approximate surface area is 83.5 Å². The molecule has 0 aliphatic carbocycles. The fraction of sp³-hybridized carbons (Fsp3) is 0.400. The first-order valence-electron chi connectivity index (χ1n) is 4.04. The summed E-state index contributed by atoms with van der Waals surface area (Å²) < 4.78 is 0. The smallest absolute Gasteiger partial charge is 0.0476 e. The predicted octanol–water partition coefficient (Wildman–Crippen LogP) is 3.73. The Morgan fingerprint density at radius 2 is 1.83 bits per heavy atom. The predicted molar refractivity (Wildman–Crippen MR) is 54.9 cm³/mol. The van der Waals surface area contributed by atoms with E-state index in [2.05, 4.69) is 25.1 Å². The first kappa shape index (κ1) is 9.88. The maximum atomic E-state index is 5.80. The minimum Gasteiger partial charge on any atom is -0.122 e. The van der Waals surface area contributed by atoms with Crippen molar-refractivity contribution in [1.29, 1.82) is 0 Å². The number of hydrogen-bond acceptors (Lipinski definition) is 0. The summed E-state index contributed by atoms with van der Waals surface area (Å²) in [5.74, 6) is 1.14. The van der Waals surface area contributed by atoms with E-state index < -0.39 is 0 Å². The lowest BCUT2D eigenvalue weighted by Crippen LogP contribution is -1.91. The maximum Gasteiger partial charge on any atom is 0.0476 e. The van der Waals surface area contributed by atoms with E-state index in [1.54, 1.807) is 0 Å². The summed E-state index contributed by atoms with van der Waals surface area (Å²) in [5, 5.41) is 0. The monoisotopic (exact) mass is 202 g/mol. The molecule has 0 fully saturated rings. The summed E-state index contributed by atoms with van der Waals surface area (Å²) in [6, 6.07) is 6.25. The average Bonchev–Trinajstić information content (AvgIpc) is 2.16. The van der Waals surface area contributed by atoms with Crippen molar-refractivity contribution in [3.05, 3.63) is 34.9 Å². The van der Waals surface area contributed by atoms with Gasteiger partial charge in [-0.15, -0.1) is 23.2 Å². The third kappa shape index (κ3) is 2.15. The van der Waals surface area contributed by atoms with Gasteiger partial charge < -0.3 is 0 Å². The molecular formula is C10H12Cl2. The topological polar surface area (TPSA) is 0 Å². The Hall–Kier alpha value is -0.200. The molecule has 0 bridgehead atoms. The first-order chi connectivity index (χ1) is 5.81. The van der Waals surface area contributed by atoms with E-state index >= 15 is 0 Å². The van der Waals surface area contributed by atoms with Crippen LogP contribution in [0.15, 0.2) is 18.2 Å². The standard InChI is InChI=1S/C10H12Cl2/c1-2-9-4-3-8(6-11)5-10(9)7-12/h3-5H,2,6-7H2,1H3. The zero-order chi connectivity index (χ0) is 8.97. The average molecular weight is 203 g/mol. The highest BCUT2D eigenvalue weighted by Gasteiger charge is 2.00. The van der Waals surface area contributed by atoms with Gasteiger partial charge in [-0.1, -0.05) is 25.1 Å². The molecule has 0 saturated heterocycles. The number of rotatable bonds is 3. The second kappa shape index (κ2) is 4.74. The number of benzene rings is 1. The van der Waals surface area contributed by atoms with Gasteiger partial charge in [0.05, 0.1) is 0 Å². The van der Waals surface area contributed by atoms with E-state index in [1.165, 1.54) is 11.1 Å². The van der Waals surface area contributed by atoms with Crippen molar-refractivity contribution in [1.82, 2.24) is 0 Å². The minimum absolute atomic E-state index is 0.563. The van der Waals surface area contributed by atoms with Crippen molar-refractivity contribution in [3.8, 4) is 0 Å². The highest BCUT2D eigenvalue weighted by molar-refractivity contribution is 6.17. The van der Waals surface area contributed by atoms with E-state index in [0.717, 1.165) is 12.0 Å². The molecule has 66 valence electrons. The molecule has 1 rings (SSSR count). The second-order valence-corrected chi connectivity index (χ2v) is 3.26. The zero-order valence-corrected chi connectivity index (χ0v) is 8.62. The van der Waals surface area contributed by atoms with E-state index in [-0.39, 0.29) is 0 Å². The van der Waals surface area contributed by atoms with Crippen LogP contribution in [0.5, 0.6) is 0 Å². The Balaban J connectivity index is 3.02. The van der Waals surface area contributed by atoms with Gasteiger partial charge in [0.2, 0.25) is 0 Å². The molecule has 12 heavy (non-hydrogen) atoms. The van der Waals surface area contributed by atoms with Gasteiger partial charge in [-0.25, -0.2) is 0 Å². The van der Waals surface area contributed by atoms with Crippen LogP contribution in [0.2, 0.25) is 0 Å². The number of alkyl halides is 2. The number of aryl methyl sites for hydroxylation is 1. The lowest BCUT2D eigenvalue weighted by atomic mass is 10.0. The van der Waals surface area contributed by atoms with E-state index in [4.69, 9.17) is 23.2 Å². The summed E-state index contributed by atoms with van der Waals surface area (Å²) in [4.78, 5) is 0. The Bertz CT molecular complexity index is 256. The lowest BCUT2D eigenvalue weighted by molar-refractivity contribution is 1.09. The van der Waals surface area contributed by atoms with Crippen LogP contribution in [-0.4, -0.2) is 0 Å². The van der Waals surface area contributed by atoms with Crippen molar-refractivity contribution in [2.45, 2.75) is 25.1 Å². The fourth-order valence-electron chi connectivity index (χ4n) is 1.23. The molecule has 0 amide bonds. The number of halogens is 2. The molecule has 0 spiro atoms. The highest BCUT2D eigenvalue weighted by atomic mass is 35.5. The normalized spacial score (nSPS) is 10.2. The van der Waals surface area contributed by atoms with Crippen molar-refractivity contribution in [2.24, 2.45) is 0 Å². The van der Waals surface area contributed by atoms with Gasteiger partial charge in [-0.05, 0) is 23.1 Å². The van der Waals surface area contributed by atoms with Crippen molar-refractivity contribution < 1.29 is 0 Å². The maximum absolute atomic E-state index is 5.80. The molecule has 0 nitrogen and oxygen atoms in total. The Morgan fingerprint density at radius 1 is 1.08 bits per heavy atom. The Morgan fingerprint density at radius 3 is 2.33 bits per heavy atom. The third-order valence-electron chi connectivity index (χ3n) is 1.95. The molecule has 1 aromatic rings. The second-order valence-electron chi connectivity index (χ2n) is 2.72. The van der Waals surface area contributed by atoms with Gasteiger partial charge in [0.25, 0.3) is 0 Å². The molecule has 2 heteroatoms. The van der Waals surface area contributed by atoms with Crippen LogP contribution in [0.25, 0.3) is 0 Å². The largest absolute Gasteiger partial charge is 0.122 e. The van der Waals surface area contributed by atoms with Crippen LogP contribution in [0.1, 0.15) is 23.6 Å². The van der Waals surface area contributed by atoms with Crippen molar-refractivity contribution >= 4 is 23.2 Å². The van der Waals surface area contributed by atoms with E-state index in [0.29, 0.717) is 11.8 Å². The molecular weight excluding hydrogens is 191 g/mol. The SMILES string of the molecule is CCc1ccc(CCl)cc1CCl. The van der Waals surface area contributed by atoms with Gasteiger partial charge >= 0.3 is 0 Å². The van der Waals surface area contributed by atoms with Gasteiger partial charge in [-0.3, -0.25) is 0 Å². The molecule has 0 aromatic heterocycles. The van der Waals surface area contributed by atoms with Crippen molar-refractivity contribution in [3.63, 3.8) is 0 Å². The van der Waals surface area contributed by atoms with Crippen LogP contribution in [0, 0.1) is 0 Å². The molecule has 0 N–H and O–H groups in total. The quantitative estimate of drug-likeness (QED) is 0.656. The van der Waals surface area contributed by atoms with Gasteiger partial charge in [0.1, 0.15) is 0 Å². The fourth-order valence-corrected chi connectivity index (χ4v) is 1.65. The molecule has 0 saturated carbocycles. The van der Waals surface area contributed by atoms with Crippen LogP contribution in [0.4, 0.5) is 0 Å². The van der Waals surface area contributed by atoms with Crippen LogP contribution >= 0.6 is 23.2 Å². The van der Waals surface area contributed by atoms with E-state index in [9.17, 15) is 0 Å². The van der Waals surface area contributed by atoms with Gasteiger partial charge in [0.15, 0.2) is 0 Å². The van der Waals surface area contributed by atoms with Crippen molar-refractivity contribution in [2.75, 3.05) is 0 Å². The minimum atomic E-state index is 0.563. The van der Waals surface area contributed by atoms with Crippen LogP contribution in [-0.2, 0) is 18.2 Å². The number of hydrogen-bond donors (Lipinski definition) is 0.